The standard InChI is InChI=1S/C22H20N4OS/c1-3-14-4-8-16(9-5-14)24-22-25-20-19(21(27)26-22)18(12-13-23-20)15-6-10-17(28-2)11-7-15/h4-13H,3H2,1-2H3,(H2,23,24,25,26,27). The lowest BCUT2D eigenvalue weighted by Gasteiger charge is -2.09. The van der Waals surface area contributed by atoms with Gasteiger partial charge in [0.1, 0.15) is 0 Å². The number of nitrogens with zero attached hydrogens (tertiary/aromatic N) is 2. The van der Waals surface area contributed by atoms with Gasteiger partial charge in [-0.2, -0.15) is 4.98 Å². The Kier molecular flexibility index (Phi) is 5.12. The number of nitrogens with one attached hydrogen (secondary N) is 2. The highest BCUT2D eigenvalue weighted by molar-refractivity contribution is 7.98. The van der Waals surface area contributed by atoms with E-state index in [1.807, 2.05) is 48.7 Å². The lowest BCUT2D eigenvalue weighted by molar-refractivity contribution is 1.13. The Balaban J connectivity index is 1.73. The molecule has 2 aromatic heterocycles. The van der Waals surface area contributed by atoms with Crippen molar-refractivity contribution >= 4 is 34.4 Å². The quantitative estimate of drug-likeness (QED) is 0.470. The number of hydrogen-bond acceptors (Lipinski definition) is 5. The molecule has 4 aromatic rings. The molecule has 140 valence electrons. The molecule has 0 atom stereocenters. The molecule has 0 fully saturated rings. The summed E-state index contributed by atoms with van der Waals surface area (Å²) in [5.74, 6) is 0.379. The number of hydrogen-bond donors (Lipinski definition) is 2. The number of aryl methyl sites for hydroxylation is 1. The van der Waals surface area contributed by atoms with Crippen LogP contribution in [0.2, 0.25) is 0 Å². The number of benzene rings is 2. The average molecular weight is 388 g/mol. The summed E-state index contributed by atoms with van der Waals surface area (Å²) >= 11 is 1.68. The van der Waals surface area contributed by atoms with Crippen molar-refractivity contribution < 1.29 is 0 Å². The van der Waals surface area contributed by atoms with Crippen LogP contribution in [-0.2, 0) is 6.42 Å². The van der Waals surface area contributed by atoms with Gasteiger partial charge in [0.25, 0.3) is 5.56 Å². The molecule has 0 saturated carbocycles. The summed E-state index contributed by atoms with van der Waals surface area (Å²) < 4.78 is 0. The molecule has 0 aliphatic carbocycles. The van der Waals surface area contributed by atoms with Gasteiger partial charge < -0.3 is 5.32 Å². The summed E-state index contributed by atoms with van der Waals surface area (Å²) in [6, 6.07) is 18.0. The van der Waals surface area contributed by atoms with Crippen LogP contribution >= 0.6 is 11.8 Å². The molecule has 5 nitrogen and oxygen atoms in total. The molecule has 0 aliphatic heterocycles. The lowest BCUT2D eigenvalue weighted by Crippen LogP contribution is -2.13. The van der Waals surface area contributed by atoms with E-state index in [0.29, 0.717) is 17.0 Å². The maximum absolute atomic E-state index is 12.8. The van der Waals surface area contributed by atoms with E-state index >= 15 is 0 Å². The first-order valence-electron chi connectivity index (χ1n) is 9.07. The van der Waals surface area contributed by atoms with Gasteiger partial charge in [0.15, 0.2) is 5.65 Å². The SMILES string of the molecule is CCc1ccc(Nc2nc3nccc(-c4ccc(SC)cc4)c3c(=O)[nH]2)cc1. The molecular formula is C22H20N4OS. The molecule has 2 N–H and O–H groups in total. The van der Waals surface area contributed by atoms with E-state index in [0.717, 1.165) is 23.2 Å². The van der Waals surface area contributed by atoms with Gasteiger partial charge in [-0.05, 0) is 59.7 Å². The second-order valence-electron chi connectivity index (χ2n) is 6.38. The van der Waals surface area contributed by atoms with Crippen LogP contribution in [0.3, 0.4) is 0 Å². The van der Waals surface area contributed by atoms with Crippen LogP contribution in [0.4, 0.5) is 11.6 Å². The molecule has 2 aromatic carbocycles. The number of H-pyrrole nitrogens is 1. The van der Waals surface area contributed by atoms with Gasteiger partial charge in [0.2, 0.25) is 5.95 Å². The van der Waals surface area contributed by atoms with E-state index in [1.54, 1.807) is 18.0 Å². The molecule has 2 heterocycles. The van der Waals surface area contributed by atoms with Gasteiger partial charge in [0.05, 0.1) is 5.39 Å². The van der Waals surface area contributed by atoms with Crippen molar-refractivity contribution in [3.63, 3.8) is 0 Å². The molecule has 0 radical (unpaired) electrons. The number of thioether (sulfide) groups is 1. The number of anilines is 2. The molecule has 0 aliphatic rings. The highest BCUT2D eigenvalue weighted by atomic mass is 32.2. The topological polar surface area (TPSA) is 70.7 Å². The second kappa shape index (κ2) is 7.86. The molecule has 0 amide bonds. The maximum atomic E-state index is 12.8. The van der Waals surface area contributed by atoms with Crippen molar-refractivity contribution in [2.75, 3.05) is 11.6 Å². The van der Waals surface area contributed by atoms with E-state index in [1.165, 1.54) is 10.5 Å². The van der Waals surface area contributed by atoms with Crippen molar-refractivity contribution in [1.82, 2.24) is 15.0 Å². The van der Waals surface area contributed by atoms with Crippen LogP contribution in [-0.4, -0.2) is 21.2 Å². The predicted octanol–water partition coefficient (Wildman–Crippen LogP) is 5.01. The van der Waals surface area contributed by atoms with E-state index in [2.05, 4.69) is 39.3 Å². The molecule has 28 heavy (non-hydrogen) atoms. The molecule has 4 rings (SSSR count). The van der Waals surface area contributed by atoms with E-state index in [-0.39, 0.29) is 5.56 Å². The molecule has 6 heteroatoms. The highest BCUT2D eigenvalue weighted by Crippen LogP contribution is 2.27. The number of pyridine rings is 1. The van der Waals surface area contributed by atoms with E-state index in [4.69, 9.17) is 0 Å². The molecule has 0 saturated heterocycles. The Morgan fingerprint density at radius 2 is 1.79 bits per heavy atom. The molecule has 0 bridgehead atoms. The van der Waals surface area contributed by atoms with Gasteiger partial charge in [-0.25, -0.2) is 4.98 Å². The summed E-state index contributed by atoms with van der Waals surface area (Å²) in [5, 5.41) is 3.64. The van der Waals surface area contributed by atoms with E-state index in [9.17, 15) is 4.79 Å². The number of rotatable bonds is 5. The van der Waals surface area contributed by atoms with Gasteiger partial charge >= 0.3 is 0 Å². The zero-order valence-corrected chi connectivity index (χ0v) is 16.5. The fourth-order valence-electron chi connectivity index (χ4n) is 3.09. The van der Waals surface area contributed by atoms with Gasteiger partial charge in [-0.3, -0.25) is 9.78 Å². The average Bonchev–Trinajstić information content (AvgIpc) is 2.74. The van der Waals surface area contributed by atoms with Crippen molar-refractivity contribution in [2.24, 2.45) is 0 Å². The minimum absolute atomic E-state index is 0.213. The first-order chi connectivity index (χ1) is 13.7. The summed E-state index contributed by atoms with van der Waals surface area (Å²) in [6.07, 6.45) is 4.71. The fraction of sp³-hybridized carbons (Fsp3) is 0.136. The molecule has 0 spiro atoms. The summed E-state index contributed by atoms with van der Waals surface area (Å²) in [6.45, 7) is 2.11. The largest absolute Gasteiger partial charge is 0.326 e. The third-order valence-corrected chi connectivity index (χ3v) is 5.38. The smallest absolute Gasteiger partial charge is 0.262 e. The van der Waals surface area contributed by atoms with Crippen molar-refractivity contribution in [3.05, 3.63) is 76.7 Å². The van der Waals surface area contributed by atoms with Gasteiger partial charge in [-0.1, -0.05) is 31.2 Å². The highest BCUT2D eigenvalue weighted by Gasteiger charge is 2.11. The molecular weight excluding hydrogens is 368 g/mol. The van der Waals surface area contributed by atoms with Crippen LogP contribution in [0.15, 0.2) is 70.5 Å². The summed E-state index contributed by atoms with van der Waals surface area (Å²) in [4.78, 5) is 25.7. The van der Waals surface area contributed by atoms with Gasteiger partial charge in [-0.15, -0.1) is 11.8 Å². The Hall–Kier alpha value is -3.12. The first-order valence-corrected chi connectivity index (χ1v) is 10.3. The Labute approximate surface area is 167 Å². The van der Waals surface area contributed by atoms with Crippen LogP contribution in [0.5, 0.6) is 0 Å². The third-order valence-electron chi connectivity index (χ3n) is 4.63. The van der Waals surface area contributed by atoms with Crippen molar-refractivity contribution in [1.29, 1.82) is 0 Å². The number of aromatic nitrogens is 3. The van der Waals surface area contributed by atoms with Crippen molar-refractivity contribution in [2.45, 2.75) is 18.2 Å². The lowest BCUT2D eigenvalue weighted by atomic mass is 10.0. The number of fused-ring (bicyclic) bond motifs is 1. The Morgan fingerprint density at radius 1 is 1.04 bits per heavy atom. The second-order valence-corrected chi connectivity index (χ2v) is 7.26. The predicted molar refractivity (Wildman–Crippen MR) is 116 cm³/mol. The third kappa shape index (κ3) is 3.64. The zero-order valence-electron chi connectivity index (χ0n) is 15.7. The van der Waals surface area contributed by atoms with Crippen LogP contribution < -0.4 is 10.9 Å². The van der Waals surface area contributed by atoms with Gasteiger partial charge in [0, 0.05) is 16.8 Å². The normalized spacial score (nSPS) is 10.9. The van der Waals surface area contributed by atoms with Crippen LogP contribution in [0, 0.1) is 0 Å². The number of aromatic amines is 1. The van der Waals surface area contributed by atoms with Crippen LogP contribution in [0.1, 0.15) is 12.5 Å². The Morgan fingerprint density at radius 3 is 2.46 bits per heavy atom. The summed E-state index contributed by atoms with van der Waals surface area (Å²) in [7, 11) is 0. The fourth-order valence-corrected chi connectivity index (χ4v) is 3.50. The monoisotopic (exact) mass is 388 g/mol. The minimum Gasteiger partial charge on any atom is -0.326 e. The summed E-state index contributed by atoms with van der Waals surface area (Å²) in [5.41, 5.74) is 4.11. The van der Waals surface area contributed by atoms with Crippen molar-refractivity contribution in [3.8, 4) is 11.1 Å². The molecule has 0 unspecified atom stereocenters. The maximum Gasteiger partial charge on any atom is 0.262 e. The van der Waals surface area contributed by atoms with E-state index < -0.39 is 0 Å². The van der Waals surface area contributed by atoms with Crippen LogP contribution in [0.25, 0.3) is 22.2 Å². The Bertz CT molecular complexity index is 1170. The minimum atomic E-state index is -0.213. The zero-order chi connectivity index (χ0) is 19.5. The first kappa shape index (κ1) is 18.3.